The quantitative estimate of drug-likeness (QED) is 0.608. The number of aromatic nitrogens is 2. The molecule has 0 bridgehead atoms. The highest BCUT2D eigenvalue weighted by Gasteiger charge is 2.26. The molecule has 1 amide bonds. The zero-order valence-electron chi connectivity index (χ0n) is 19.5. The van der Waals surface area contributed by atoms with Crippen LogP contribution >= 0.6 is 0 Å². The van der Waals surface area contributed by atoms with E-state index in [1.165, 1.54) is 6.07 Å². The Morgan fingerprint density at radius 1 is 1.12 bits per heavy atom. The van der Waals surface area contributed by atoms with Crippen molar-refractivity contribution >= 4 is 22.7 Å². The highest BCUT2D eigenvalue weighted by atomic mass is 19.1. The molecule has 2 heterocycles. The van der Waals surface area contributed by atoms with E-state index in [-0.39, 0.29) is 11.7 Å². The van der Waals surface area contributed by atoms with Gasteiger partial charge in [0, 0.05) is 30.6 Å². The first-order chi connectivity index (χ1) is 16.1. The minimum absolute atomic E-state index is 0.128. The number of nitrogens with zero attached hydrogens (tertiary/aromatic N) is 3. The maximum absolute atomic E-state index is 14.6. The highest BCUT2D eigenvalue weighted by molar-refractivity contribution is 5.91. The number of carbonyl (C=O) groups excluding carboxylic acids is 1. The van der Waals surface area contributed by atoms with Gasteiger partial charge in [0.05, 0.1) is 5.39 Å². The van der Waals surface area contributed by atoms with Crippen LogP contribution in [0, 0.1) is 11.6 Å². The van der Waals surface area contributed by atoms with Crippen LogP contribution in [0.3, 0.4) is 0 Å². The molecule has 0 saturated carbocycles. The number of hydrogen-bond acceptors (Lipinski definition) is 5. The lowest BCUT2D eigenvalue weighted by Gasteiger charge is -2.28. The van der Waals surface area contributed by atoms with Gasteiger partial charge in [-0.25, -0.2) is 13.6 Å². The lowest BCUT2D eigenvalue weighted by molar-refractivity contribution is 0.0504. The fraction of sp³-hybridized carbons (Fsp3) is 0.400. The van der Waals surface area contributed by atoms with E-state index in [2.05, 4.69) is 10.4 Å². The number of halogens is 2. The number of rotatable bonds is 3. The van der Waals surface area contributed by atoms with E-state index in [0.717, 1.165) is 36.1 Å². The van der Waals surface area contributed by atoms with Gasteiger partial charge in [-0.3, -0.25) is 4.79 Å². The summed E-state index contributed by atoms with van der Waals surface area (Å²) in [7, 11) is 0. The first-order valence-electron chi connectivity index (χ1n) is 11.3. The van der Waals surface area contributed by atoms with Crippen LogP contribution in [0.4, 0.5) is 19.4 Å². The number of carbonyl (C=O) groups is 1. The molecule has 1 fully saturated rings. The highest BCUT2D eigenvalue weighted by Crippen LogP contribution is 2.26. The molecule has 1 atom stereocenters. The van der Waals surface area contributed by atoms with Gasteiger partial charge in [-0.15, -0.1) is 5.10 Å². The third kappa shape index (κ3) is 5.18. The number of fused-ring (bicyclic) bond motifs is 1. The van der Waals surface area contributed by atoms with Gasteiger partial charge in [0.15, 0.2) is 11.6 Å². The molecule has 180 valence electrons. The molecule has 0 aliphatic carbocycles. The van der Waals surface area contributed by atoms with Gasteiger partial charge in [-0.2, -0.15) is 4.68 Å². The second-order valence-electron chi connectivity index (χ2n) is 9.47. The molecule has 2 aromatic carbocycles. The smallest absolute Gasteiger partial charge is 0.407 e. The van der Waals surface area contributed by atoms with Gasteiger partial charge in [-0.1, -0.05) is 18.2 Å². The minimum atomic E-state index is -0.879. The molecule has 0 radical (unpaired) electrons. The molecule has 1 N–H and O–H groups in total. The predicted molar refractivity (Wildman–Crippen MR) is 126 cm³/mol. The second kappa shape index (κ2) is 9.40. The Bertz CT molecular complexity index is 1270. The third-order valence-corrected chi connectivity index (χ3v) is 5.62. The van der Waals surface area contributed by atoms with Crippen LogP contribution in [-0.2, 0) is 4.74 Å². The first kappa shape index (κ1) is 23.7. The monoisotopic (exact) mass is 470 g/mol. The van der Waals surface area contributed by atoms with Crippen molar-refractivity contribution in [2.24, 2.45) is 0 Å². The average Bonchev–Trinajstić information content (AvgIpc) is 2.99. The SMILES string of the molecule is CC(C)(C)OC(=O)N[C@H]1CCCCN(c2nn(-c3ccc(F)cc3F)c(=O)c3ccccc23)C1. The van der Waals surface area contributed by atoms with E-state index >= 15 is 0 Å². The van der Waals surface area contributed by atoms with Crippen molar-refractivity contribution in [2.45, 2.75) is 51.7 Å². The Morgan fingerprint density at radius 3 is 2.56 bits per heavy atom. The Labute approximate surface area is 196 Å². The number of ether oxygens (including phenoxy) is 1. The lowest BCUT2D eigenvalue weighted by atomic mass is 10.1. The van der Waals surface area contributed by atoms with E-state index in [1.807, 2.05) is 11.0 Å². The molecule has 4 rings (SSSR count). The largest absolute Gasteiger partial charge is 0.444 e. The molecule has 1 aliphatic heterocycles. The van der Waals surface area contributed by atoms with Gasteiger partial charge < -0.3 is 15.0 Å². The summed E-state index contributed by atoms with van der Waals surface area (Å²) in [5.74, 6) is -1.12. The molecule has 34 heavy (non-hydrogen) atoms. The molecule has 9 heteroatoms. The number of anilines is 1. The van der Waals surface area contributed by atoms with Crippen LogP contribution < -0.4 is 15.8 Å². The summed E-state index contributed by atoms with van der Waals surface area (Å²) in [6.45, 7) is 6.51. The minimum Gasteiger partial charge on any atom is -0.444 e. The first-order valence-corrected chi connectivity index (χ1v) is 11.3. The van der Waals surface area contributed by atoms with Crippen LogP contribution in [0.1, 0.15) is 40.0 Å². The van der Waals surface area contributed by atoms with E-state index in [0.29, 0.717) is 29.7 Å². The zero-order valence-corrected chi connectivity index (χ0v) is 19.5. The average molecular weight is 471 g/mol. The van der Waals surface area contributed by atoms with Crippen LogP contribution in [0.25, 0.3) is 16.5 Å². The summed E-state index contributed by atoms with van der Waals surface area (Å²) < 4.78 is 34.4. The second-order valence-corrected chi connectivity index (χ2v) is 9.47. The Balaban J connectivity index is 1.74. The molecular weight excluding hydrogens is 442 g/mol. The summed E-state index contributed by atoms with van der Waals surface area (Å²) in [6.07, 6.45) is 2.02. The Morgan fingerprint density at radius 2 is 1.85 bits per heavy atom. The Hall–Kier alpha value is -3.49. The van der Waals surface area contributed by atoms with Gasteiger partial charge in [0.2, 0.25) is 0 Å². The van der Waals surface area contributed by atoms with Crippen LogP contribution in [0.2, 0.25) is 0 Å². The van der Waals surface area contributed by atoms with E-state index in [4.69, 9.17) is 4.74 Å². The zero-order chi connectivity index (χ0) is 24.5. The third-order valence-electron chi connectivity index (χ3n) is 5.62. The molecule has 1 aromatic heterocycles. The summed E-state index contributed by atoms with van der Waals surface area (Å²) in [4.78, 5) is 27.5. The normalized spacial score (nSPS) is 16.9. The van der Waals surface area contributed by atoms with E-state index in [9.17, 15) is 18.4 Å². The van der Waals surface area contributed by atoms with Gasteiger partial charge in [0.1, 0.15) is 17.1 Å². The summed E-state index contributed by atoms with van der Waals surface area (Å²) >= 11 is 0. The predicted octanol–water partition coefficient (Wildman–Crippen LogP) is 4.55. The molecule has 0 unspecified atom stereocenters. The fourth-order valence-electron chi connectivity index (χ4n) is 4.15. The standard InChI is InChI=1S/C25H28F2N4O3/c1-25(2,3)34-24(33)28-17-8-6-7-13-30(15-17)22-18-9-4-5-10-19(18)23(32)31(29-22)21-12-11-16(26)14-20(21)27/h4-5,9-12,14,17H,6-8,13,15H2,1-3H3,(H,28,33)/t17-/m0/s1. The van der Waals surface area contributed by atoms with Crippen molar-refractivity contribution < 1.29 is 18.3 Å². The maximum atomic E-state index is 14.6. The maximum Gasteiger partial charge on any atom is 0.407 e. The molecule has 0 spiro atoms. The number of amides is 1. The van der Waals surface area contributed by atoms with Crippen molar-refractivity contribution in [3.8, 4) is 5.69 Å². The topological polar surface area (TPSA) is 76.5 Å². The summed E-state index contributed by atoms with van der Waals surface area (Å²) in [5.41, 5.74) is -1.24. The van der Waals surface area contributed by atoms with Crippen LogP contribution in [0.5, 0.6) is 0 Å². The summed E-state index contributed by atoms with van der Waals surface area (Å²) in [5, 5.41) is 8.46. The van der Waals surface area contributed by atoms with Crippen molar-refractivity contribution in [1.29, 1.82) is 0 Å². The fourth-order valence-corrected chi connectivity index (χ4v) is 4.15. The van der Waals surface area contributed by atoms with Gasteiger partial charge in [-0.05, 0) is 58.2 Å². The van der Waals surface area contributed by atoms with Crippen molar-refractivity contribution in [1.82, 2.24) is 15.1 Å². The number of nitrogens with one attached hydrogen (secondary N) is 1. The van der Waals surface area contributed by atoms with E-state index in [1.54, 1.807) is 39.0 Å². The van der Waals surface area contributed by atoms with Crippen LogP contribution in [-0.4, -0.2) is 40.6 Å². The van der Waals surface area contributed by atoms with E-state index < -0.39 is 28.9 Å². The lowest BCUT2D eigenvalue weighted by Crippen LogP contribution is -2.45. The summed E-state index contributed by atoms with van der Waals surface area (Å²) in [6, 6.07) is 9.83. The van der Waals surface area contributed by atoms with Crippen molar-refractivity contribution in [3.05, 3.63) is 64.5 Å². The molecule has 1 aliphatic rings. The number of alkyl carbamates (subject to hydrolysis) is 1. The Kier molecular flexibility index (Phi) is 6.54. The van der Waals surface area contributed by atoms with Crippen LogP contribution in [0.15, 0.2) is 47.3 Å². The number of benzene rings is 2. The van der Waals surface area contributed by atoms with Crippen molar-refractivity contribution in [2.75, 3.05) is 18.0 Å². The molecule has 7 nitrogen and oxygen atoms in total. The van der Waals surface area contributed by atoms with Gasteiger partial charge >= 0.3 is 6.09 Å². The number of hydrogen-bond donors (Lipinski definition) is 1. The molecular formula is C25H28F2N4O3. The van der Waals surface area contributed by atoms with Gasteiger partial charge in [0.25, 0.3) is 5.56 Å². The molecule has 1 saturated heterocycles. The van der Waals surface area contributed by atoms with Crippen molar-refractivity contribution in [3.63, 3.8) is 0 Å². The molecule has 3 aromatic rings.